The topological polar surface area (TPSA) is 40.7 Å². The standard InChI is InChI=1S/C17H23N3/c1-10-19-13-7-11-8-15-16(2,3)17(4,5-6-18-15)12(11)9-14(13)20-10/h7,9,15,18H,5-6,8H2,1-4H3,(H,19,20)/t15-,17?/m1/s1. The second kappa shape index (κ2) is 3.64. The van der Waals surface area contributed by atoms with Gasteiger partial charge in [-0.15, -0.1) is 0 Å². The van der Waals surface area contributed by atoms with Crippen LogP contribution >= 0.6 is 0 Å². The lowest BCUT2D eigenvalue weighted by molar-refractivity contribution is 0.0561. The fourth-order valence-electron chi connectivity index (χ4n) is 4.40. The molecule has 2 atom stereocenters. The highest BCUT2D eigenvalue weighted by atomic mass is 15.0. The van der Waals surface area contributed by atoms with Crippen molar-refractivity contribution in [2.24, 2.45) is 5.41 Å². The van der Waals surface area contributed by atoms with E-state index in [0.717, 1.165) is 24.3 Å². The van der Waals surface area contributed by atoms with E-state index >= 15 is 0 Å². The van der Waals surface area contributed by atoms with Gasteiger partial charge < -0.3 is 10.3 Å². The number of imidazole rings is 1. The lowest BCUT2D eigenvalue weighted by Gasteiger charge is -2.57. The molecule has 2 aromatic rings. The maximum atomic E-state index is 4.63. The van der Waals surface area contributed by atoms with E-state index in [2.05, 4.69) is 48.2 Å². The molecule has 0 amide bonds. The zero-order valence-corrected chi connectivity index (χ0v) is 12.8. The van der Waals surface area contributed by atoms with Crippen LogP contribution in [0.5, 0.6) is 0 Å². The summed E-state index contributed by atoms with van der Waals surface area (Å²) in [6.07, 6.45) is 2.34. The number of aryl methyl sites for hydroxylation is 1. The Morgan fingerprint density at radius 3 is 2.85 bits per heavy atom. The number of nitrogens with zero attached hydrogens (tertiary/aromatic N) is 1. The molecule has 2 bridgehead atoms. The molecule has 2 N–H and O–H groups in total. The van der Waals surface area contributed by atoms with Gasteiger partial charge in [0.1, 0.15) is 5.82 Å². The zero-order chi connectivity index (χ0) is 14.1. The molecule has 0 spiro atoms. The van der Waals surface area contributed by atoms with Crippen molar-refractivity contribution in [3.05, 3.63) is 29.1 Å². The summed E-state index contributed by atoms with van der Waals surface area (Å²) in [6, 6.07) is 5.26. The minimum absolute atomic E-state index is 0.248. The number of aromatic nitrogens is 2. The number of hydrogen-bond donors (Lipinski definition) is 2. The third-order valence-corrected chi connectivity index (χ3v) is 6.15. The van der Waals surface area contributed by atoms with Gasteiger partial charge in [-0.2, -0.15) is 0 Å². The van der Waals surface area contributed by atoms with E-state index in [4.69, 9.17) is 0 Å². The predicted octanol–water partition coefficient (Wildman–Crippen LogP) is 3.07. The molecule has 2 heterocycles. The molecule has 106 valence electrons. The van der Waals surface area contributed by atoms with Crippen molar-refractivity contribution >= 4 is 11.0 Å². The molecule has 20 heavy (non-hydrogen) atoms. The largest absolute Gasteiger partial charge is 0.342 e. The molecular weight excluding hydrogens is 246 g/mol. The van der Waals surface area contributed by atoms with Crippen molar-refractivity contribution in [1.82, 2.24) is 15.3 Å². The molecule has 1 fully saturated rings. The van der Waals surface area contributed by atoms with Crippen molar-refractivity contribution < 1.29 is 0 Å². The number of piperidine rings is 1. The Morgan fingerprint density at radius 1 is 1.25 bits per heavy atom. The van der Waals surface area contributed by atoms with E-state index < -0.39 is 0 Å². The first-order valence-corrected chi connectivity index (χ1v) is 7.65. The Labute approximate surface area is 120 Å². The molecule has 1 unspecified atom stereocenters. The number of aromatic amines is 1. The smallest absolute Gasteiger partial charge is 0.104 e. The molecule has 0 saturated carbocycles. The van der Waals surface area contributed by atoms with Gasteiger partial charge in [0.2, 0.25) is 0 Å². The normalized spacial score (nSPS) is 31.3. The minimum atomic E-state index is 0.248. The van der Waals surface area contributed by atoms with Gasteiger partial charge in [-0.3, -0.25) is 0 Å². The van der Waals surface area contributed by atoms with Crippen LogP contribution in [0.25, 0.3) is 11.0 Å². The molecule has 3 heteroatoms. The minimum Gasteiger partial charge on any atom is -0.342 e. The maximum absolute atomic E-state index is 4.63. The summed E-state index contributed by atoms with van der Waals surface area (Å²) in [5, 5.41) is 3.73. The number of fused-ring (bicyclic) bond motifs is 5. The van der Waals surface area contributed by atoms with Gasteiger partial charge >= 0.3 is 0 Å². The Bertz CT molecular complexity index is 698. The van der Waals surface area contributed by atoms with Crippen molar-refractivity contribution in [2.75, 3.05) is 6.54 Å². The number of benzene rings is 1. The van der Waals surface area contributed by atoms with Crippen molar-refractivity contribution in [1.29, 1.82) is 0 Å². The van der Waals surface area contributed by atoms with Crippen LogP contribution in [0.3, 0.4) is 0 Å². The number of nitrogens with one attached hydrogen (secondary N) is 2. The molecule has 1 saturated heterocycles. The third-order valence-electron chi connectivity index (χ3n) is 6.15. The highest BCUT2D eigenvalue weighted by molar-refractivity contribution is 5.78. The molecule has 1 aliphatic heterocycles. The maximum Gasteiger partial charge on any atom is 0.104 e. The van der Waals surface area contributed by atoms with Crippen LogP contribution in [-0.4, -0.2) is 22.6 Å². The second-order valence-corrected chi connectivity index (χ2v) is 7.36. The Hall–Kier alpha value is -1.35. The summed E-state index contributed by atoms with van der Waals surface area (Å²) in [5.41, 5.74) is 5.87. The Kier molecular flexibility index (Phi) is 2.26. The Morgan fingerprint density at radius 2 is 2.05 bits per heavy atom. The summed E-state index contributed by atoms with van der Waals surface area (Å²) >= 11 is 0. The average Bonchev–Trinajstić information content (AvgIpc) is 2.71. The summed E-state index contributed by atoms with van der Waals surface area (Å²) in [5.74, 6) is 1.01. The molecule has 1 aromatic carbocycles. The van der Waals surface area contributed by atoms with Crippen LogP contribution in [0.2, 0.25) is 0 Å². The van der Waals surface area contributed by atoms with E-state index in [1.165, 1.54) is 23.1 Å². The molecular formula is C17H23N3. The zero-order valence-electron chi connectivity index (χ0n) is 12.8. The van der Waals surface area contributed by atoms with Crippen molar-refractivity contribution in [3.63, 3.8) is 0 Å². The SMILES string of the molecule is Cc1nc2cc3c(cc2[nH]1)C[C@H]1NCCC3(C)C1(C)C. The van der Waals surface area contributed by atoms with Crippen LogP contribution in [-0.2, 0) is 11.8 Å². The molecule has 3 nitrogen and oxygen atoms in total. The fraction of sp³-hybridized carbons (Fsp3) is 0.588. The quantitative estimate of drug-likeness (QED) is 0.771. The van der Waals surface area contributed by atoms with Gasteiger partial charge in [0.05, 0.1) is 11.0 Å². The predicted molar refractivity (Wildman–Crippen MR) is 82.1 cm³/mol. The first kappa shape index (κ1) is 12.4. The first-order valence-electron chi connectivity index (χ1n) is 7.65. The van der Waals surface area contributed by atoms with E-state index in [9.17, 15) is 0 Å². The second-order valence-electron chi connectivity index (χ2n) is 7.36. The van der Waals surface area contributed by atoms with E-state index in [-0.39, 0.29) is 10.8 Å². The lowest BCUT2D eigenvalue weighted by atomic mass is 9.51. The van der Waals surface area contributed by atoms with Crippen molar-refractivity contribution in [2.45, 2.75) is 52.0 Å². The number of hydrogen-bond acceptors (Lipinski definition) is 2. The van der Waals surface area contributed by atoms with Gasteiger partial charge in [-0.05, 0) is 55.0 Å². The van der Waals surface area contributed by atoms with Crippen LogP contribution in [0.15, 0.2) is 12.1 Å². The van der Waals surface area contributed by atoms with Gasteiger partial charge in [0, 0.05) is 11.5 Å². The monoisotopic (exact) mass is 269 g/mol. The summed E-state index contributed by atoms with van der Waals surface area (Å²) < 4.78 is 0. The molecule has 2 aliphatic rings. The van der Waals surface area contributed by atoms with Crippen LogP contribution in [0, 0.1) is 12.3 Å². The van der Waals surface area contributed by atoms with Crippen LogP contribution in [0.1, 0.15) is 44.1 Å². The third kappa shape index (κ3) is 1.37. The number of rotatable bonds is 0. The summed E-state index contributed by atoms with van der Waals surface area (Å²) in [4.78, 5) is 8.01. The summed E-state index contributed by atoms with van der Waals surface area (Å²) in [7, 11) is 0. The Balaban J connectivity index is 2.01. The molecule has 4 rings (SSSR count). The van der Waals surface area contributed by atoms with Gasteiger partial charge in [0.25, 0.3) is 0 Å². The van der Waals surface area contributed by atoms with E-state index in [0.29, 0.717) is 6.04 Å². The van der Waals surface area contributed by atoms with Gasteiger partial charge in [-0.1, -0.05) is 20.8 Å². The van der Waals surface area contributed by atoms with E-state index in [1.54, 1.807) is 0 Å². The van der Waals surface area contributed by atoms with Crippen LogP contribution < -0.4 is 5.32 Å². The van der Waals surface area contributed by atoms with Gasteiger partial charge in [-0.25, -0.2) is 4.98 Å². The molecule has 1 aliphatic carbocycles. The first-order chi connectivity index (χ1) is 9.42. The highest BCUT2D eigenvalue weighted by Crippen LogP contribution is 2.54. The van der Waals surface area contributed by atoms with Crippen LogP contribution in [0.4, 0.5) is 0 Å². The molecule has 1 aromatic heterocycles. The highest BCUT2D eigenvalue weighted by Gasteiger charge is 2.53. The lowest BCUT2D eigenvalue weighted by Crippen LogP contribution is -2.62. The molecule has 0 radical (unpaired) electrons. The fourth-order valence-corrected chi connectivity index (χ4v) is 4.40. The number of H-pyrrole nitrogens is 1. The van der Waals surface area contributed by atoms with E-state index in [1.807, 2.05) is 6.92 Å². The van der Waals surface area contributed by atoms with Gasteiger partial charge in [0.15, 0.2) is 0 Å². The average molecular weight is 269 g/mol. The van der Waals surface area contributed by atoms with Crippen molar-refractivity contribution in [3.8, 4) is 0 Å². The summed E-state index contributed by atoms with van der Waals surface area (Å²) in [6.45, 7) is 10.5.